The van der Waals surface area contributed by atoms with E-state index in [1.165, 1.54) is 26.0 Å². The Kier molecular flexibility index (Phi) is 8.57. The summed E-state index contributed by atoms with van der Waals surface area (Å²) in [7, 11) is 0. The minimum Gasteiger partial charge on any atom is -0.349 e. The number of amides is 3. The maximum absolute atomic E-state index is 12.7. The summed E-state index contributed by atoms with van der Waals surface area (Å²) >= 11 is 0.987. The molecule has 8 nitrogen and oxygen atoms in total. The molecule has 3 amide bonds. The predicted octanol–water partition coefficient (Wildman–Crippen LogP) is 4.09. The second-order valence-corrected chi connectivity index (χ2v) is 8.61. The first-order valence-electron chi connectivity index (χ1n) is 10.0. The predicted molar refractivity (Wildman–Crippen MR) is 124 cm³/mol. The third kappa shape index (κ3) is 7.17. The van der Waals surface area contributed by atoms with E-state index in [2.05, 4.69) is 21.5 Å². The van der Waals surface area contributed by atoms with Crippen molar-refractivity contribution < 1.29 is 27.6 Å². The number of anilines is 1. The molecule has 0 unspecified atom stereocenters. The molecule has 0 aliphatic heterocycles. The molecule has 1 aromatic heterocycles. The lowest BCUT2D eigenvalue weighted by molar-refractivity contribution is -0.137. The van der Waals surface area contributed by atoms with Gasteiger partial charge < -0.3 is 21.5 Å². The molecule has 0 fully saturated rings. The number of hydrogen-bond acceptors (Lipinski definition) is 6. The van der Waals surface area contributed by atoms with Crippen molar-refractivity contribution in [1.29, 1.82) is 5.41 Å². The zero-order valence-corrected chi connectivity index (χ0v) is 19.6. The van der Waals surface area contributed by atoms with Crippen LogP contribution in [0.4, 0.5) is 18.9 Å². The number of hydrogen-bond donors (Lipinski definition) is 5. The summed E-state index contributed by atoms with van der Waals surface area (Å²) in [5.74, 6) is -1.60. The number of carbonyl (C=O) groups is 3. The van der Waals surface area contributed by atoms with Crippen molar-refractivity contribution >= 4 is 40.5 Å². The molecule has 0 saturated carbocycles. The molecule has 0 aliphatic carbocycles. The maximum atomic E-state index is 12.7. The van der Waals surface area contributed by atoms with E-state index in [0.717, 1.165) is 35.6 Å². The van der Waals surface area contributed by atoms with Crippen LogP contribution in [-0.4, -0.2) is 29.5 Å². The summed E-state index contributed by atoms with van der Waals surface area (Å²) in [6.07, 6.45) is -4.50. The molecule has 0 radical (unpaired) electrons. The highest BCUT2D eigenvalue weighted by Gasteiger charge is 2.30. The molecule has 0 aliphatic rings. The summed E-state index contributed by atoms with van der Waals surface area (Å²) in [6.45, 7) is 6.44. The molecule has 2 aromatic rings. The minimum absolute atomic E-state index is 0.0576. The number of rotatable bonds is 8. The smallest absolute Gasteiger partial charge is 0.349 e. The van der Waals surface area contributed by atoms with Gasteiger partial charge in [-0.15, -0.1) is 11.3 Å². The summed E-state index contributed by atoms with van der Waals surface area (Å²) < 4.78 is 38.1. The van der Waals surface area contributed by atoms with Gasteiger partial charge in [0.05, 0.1) is 20.9 Å². The SMILES string of the molecule is CC(=N)/C(C(=O)Nc1ccc(C(F)(F)F)cc1)=C(\C)NNC(=O)c1ccc(C(=O)NC(C)C)s1. The third-order valence-corrected chi connectivity index (χ3v) is 5.37. The van der Waals surface area contributed by atoms with Crippen molar-refractivity contribution in [3.63, 3.8) is 0 Å². The van der Waals surface area contributed by atoms with Crippen LogP contribution in [0.1, 0.15) is 52.6 Å². The van der Waals surface area contributed by atoms with E-state index in [4.69, 9.17) is 5.41 Å². The van der Waals surface area contributed by atoms with E-state index in [1.807, 2.05) is 13.8 Å². The molecule has 12 heteroatoms. The molecular weight excluding hydrogens is 471 g/mol. The normalized spacial score (nSPS) is 12.0. The third-order valence-electron chi connectivity index (χ3n) is 4.28. The van der Waals surface area contributed by atoms with Gasteiger partial charge in [0.1, 0.15) is 0 Å². The van der Waals surface area contributed by atoms with Crippen LogP contribution >= 0.6 is 11.3 Å². The number of thiophene rings is 1. The Morgan fingerprint density at radius 2 is 1.47 bits per heavy atom. The standard InChI is InChI=1S/C22H24F3N5O3S/c1-11(2)27-19(31)16-9-10-17(34-16)20(32)30-29-13(4)18(12(3)26)21(33)28-15-7-5-14(6-8-15)22(23,24)25/h5-11,26,29H,1-4H3,(H,27,31)(H,28,33)(H,30,32)/b18-13-,26-12?. The van der Waals surface area contributed by atoms with Crippen molar-refractivity contribution in [2.75, 3.05) is 5.32 Å². The molecular formula is C22H24F3N5O3S. The summed E-state index contributed by atoms with van der Waals surface area (Å²) in [5, 5.41) is 13.0. The van der Waals surface area contributed by atoms with Crippen molar-refractivity contribution in [2.24, 2.45) is 0 Å². The monoisotopic (exact) mass is 495 g/mol. The van der Waals surface area contributed by atoms with Crippen LogP contribution < -0.4 is 21.5 Å². The minimum atomic E-state index is -4.50. The van der Waals surface area contributed by atoms with Crippen LogP contribution in [0.25, 0.3) is 0 Å². The Balaban J connectivity index is 2.08. The van der Waals surface area contributed by atoms with Gasteiger partial charge in [-0.3, -0.25) is 19.8 Å². The van der Waals surface area contributed by atoms with E-state index in [0.29, 0.717) is 4.88 Å². The fourth-order valence-corrected chi connectivity index (χ4v) is 3.55. The quantitative estimate of drug-likeness (QED) is 0.215. The lowest BCUT2D eigenvalue weighted by atomic mass is 10.1. The molecule has 1 heterocycles. The average molecular weight is 496 g/mol. The van der Waals surface area contributed by atoms with Crippen LogP contribution in [0.15, 0.2) is 47.7 Å². The van der Waals surface area contributed by atoms with E-state index in [9.17, 15) is 27.6 Å². The lowest BCUT2D eigenvalue weighted by Crippen LogP contribution is -2.38. The van der Waals surface area contributed by atoms with Crippen LogP contribution in [0.3, 0.4) is 0 Å². The highest BCUT2D eigenvalue weighted by Crippen LogP contribution is 2.29. The Morgan fingerprint density at radius 1 is 0.912 bits per heavy atom. The molecule has 182 valence electrons. The number of hydrazine groups is 1. The van der Waals surface area contributed by atoms with Crippen LogP contribution in [-0.2, 0) is 11.0 Å². The fourth-order valence-electron chi connectivity index (χ4n) is 2.75. The van der Waals surface area contributed by atoms with Crippen molar-refractivity contribution in [2.45, 2.75) is 39.9 Å². The Hall–Kier alpha value is -3.67. The number of carbonyl (C=O) groups excluding carboxylic acids is 3. The zero-order valence-electron chi connectivity index (χ0n) is 18.8. The van der Waals surface area contributed by atoms with Gasteiger partial charge in [-0.1, -0.05) is 0 Å². The van der Waals surface area contributed by atoms with Crippen LogP contribution in [0, 0.1) is 5.41 Å². The van der Waals surface area contributed by atoms with Gasteiger partial charge in [-0.25, -0.2) is 0 Å². The lowest BCUT2D eigenvalue weighted by Gasteiger charge is -2.14. The average Bonchev–Trinajstić information content (AvgIpc) is 3.21. The van der Waals surface area contributed by atoms with Gasteiger partial charge in [0.2, 0.25) is 0 Å². The Labute approximate surface area is 198 Å². The van der Waals surface area contributed by atoms with Crippen LogP contribution in [0.2, 0.25) is 0 Å². The number of allylic oxidation sites excluding steroid dienone is 1. The molecule has 34 heavy (non-hydrogen) atoms. The van der Waals surface area contributed by atoms with E-state index < -0.39 is 23.6 Å². The first-order chi connectivity index (χ1) is 15.8. The number of benzene rings is 1. The Morgan fingerprint density at radius 3 is 1.97 bits per heavy atom. The van der Waals surface area contributed by atoms with Gasteiger partial charge in [0.25, 0.3) is 17.7 Å². The van der Waals surface area contributed by atoms with Crippen molar-refractivity contribution in [3.05, 3.63) is 63.0 Å². The highest BCUT2D eigenvalue weighted by atomic mass is 32.1. The highest BCUT2D eigenvalue weighted by molar-refractivity contribution is 7.15. The number of nitrogens with one attached hydrogen (secondary N) is 5. The summed E-state index contributed by atoms with van der Waals surface area (Å²) in [5.41, 5.74) is 4.12. The van der Waals surface area contributed by atoms with Gasteiger partial charge in [-0.2, -0.15) is 13.2 Å². The topological polar surface area (TPSA) is 123 Å². The molecule has 0 atom stereocenters. The van der Waals surface area contributed by atoms with E-state index in [1.54, 1.807) is 0 Å². The van der Waals surface area contributed by atoms with E-state index in [-0.39, 0.29) is 39.5 Å². The summed E-state index contributed by atoms with van der Waals surface area (Å²) in [6, 6.07) is 6.81. The second kappa shape index (κ2) is 11.0. The van der Waals surface area contributed by atoms with E-state index >= 15 is 0 Å². The molecule has 0 spiro atoms. The van der Waals surface area contributed by atoms with Gasteiger partial charge in [-0.05, 0) is 64.1 Å². The van der Waals surface area contributed by atoms with Gasteiger partial charge in [0, 0.05) is 23.1 Å². The molecule has 1 aromatic carbocycles. The van der Waals surface area contributed by atoms with Gasteiger partial charge in [0.15, 0.2) is 0 Å². The number of halogens is 3. The van der Waals surface area contributed by atoms with Crippen molar-refractivity contribution in [3.8, 4) is 0 Å². The second-order valence-electron chi connectivity index (χ2n) is 7.53. The molecule has 0 bridgehead atoms. The summed E-state index contributed by atoms with van der Waals surface area (Å²) in [4.78, 5) is 37.7. The largest absolute Gasteiger partial charge is 0.416 e. The maximum Gasteiger partial charge on any atom is 0.416 e. The molecule has 2 rings (SSSR count). The fraction of sp³-hybridized carbons (Fsp3) is 0.273. The van der Waals surface area contributed by atoms with Gasteiger partial charge >= 0.3 is 6.18 Å². The Bertz CT molecular complexity index is 1120. The van der Waals surface area contributed by atoms with Crippen LogP contribution in [0.5, 0.6) is 0 Å². The molecule has 5 N–H and O–H groups in total. The zero-order chi connectivity index (χ0) is 25.6. The van der Waals surface area contributed by atoms with Crippen molar-refractivity contribution in [1.82, 2.24) is 16.2 Å². The first-order valence-corrected chi connectivity index (χ1v) is 10.8. The number of alkyl halides is 3. The molecule has 0 saturated heterocycles. The first kappa shape index (κ1) is 26.6.